The Morgan fingerprint density at radius 2 is 2.33 bits per heavy atom. The van der Waals surface area contributed by atoms with Gasteiger partial charge in [-0.15, -0.1) is 0 Å². The minimum atomic E-state index is -0.379. The van der Waals surface area contributed by atoms with Crippen molar-refractivity contribution in [2.24, 2.45) is 0 Å². The van der Waals surface area contributed by atoms with Gasteiger partial charge in [0.1, 0.15) is 5.75 Å². The molecule has 0 saturated carbocycles. The first kappa shape index (κ1) is 11.5. The molecule has 78 valence electrons. The van der Waals surface area contributed by atoms with Gasteiger partial charge in [0.2, 0.25) is 0 Å². The van der Waals surface area contributed by atoms with Crippen LogP contribution in [0.5, 0.6) is 5.75 Å². The van der Waals surface area contributed by atoms with E-state index in [1.54, 1.807) is 6.07 Å². The molecule has 0 bridgehead atoms. The Balaban J connectivity index is 2.70. The third-order valence-corrected chi connectivity index (χ3v) is 2.22. The summed E-state index contributed by atoms with van der Waals surface area (Å²) in [4.78, 5) is 11.5. The number of hydrogen-bond acceptors (Lipinski definition) is 3. The molecule has 0 aliphatic rings. The maximum atomic E-state index is 11.5. The number of nitrogens with one attached hydrogen (secondary N) is 1. The molecule has 0 aliphatic heterocycles. The lowest BCUT2D eigenvalue weighted by Crippen LogP contribution is -2.24. The van der Waals surface area contributed by atoms with Gasteiger partial charge in [0.05, 0.1) is 18.1 Å². The van der Waals surface area contributed by atoms with Crippen molar-refractivity contribution >= 4 is 21.8 Å². The molecule has 1 aromatic carbocycles. The van der Waals surface area contributed by atoms with E-state index in [4.69, 9.17) is 5.26 Å². The van der Waals surface area contributed by atoms with Crippen molar-refractivity contribution in [2.75, 3.05) is 6.54 Å². The van der Waals surface area contributed by atoms with E-state index in [-0.39, 0.29) is 30.2 Å². The van der Waals surface area contributed by atoms with Crippen molar-refractivity contribution in [3.63, 3.8) is 0 Å². The predicted octanol–water partition coefficient (Wildman–Crippen LogP) is 1.80. The average Bonchev–Trinajstić information content (AvgIpc) is 2.17. The van der Waals surface area contributed by atoms with E-state index in [0.717, 1.165) is 0 Å². The van der Waals surface area contributed by atoms with Crippen molar-refractivity contribution in [3.8, 4) is 11.8 Å². The summed E-state index contributed by atoms with van der Waals surface area (Å²) in [5, 5.41) is 20.3. The maximum absolute atomic E-state index is 11.5. The van der Waals surface area contributed by atoms with Crippen LogP contribution in [-0.2, 0) is 0 Å². The Hall–Kier alpha value is -1.54. The highest BCUT2D eigenvalue weighted by Crippen LogP contribution is 2.21. The lowest BCUT2D eigenvalue weighted by Gasteiger charge is -2.05. The lowest BCUT2D eigenvalue weighted by molar-refractivity contribution is 0.0952. The van der Waals surface area contributed by atoms with Crippen LogP contribution in [0.4, 0.5) is 0 Å². The van der Waals surface area contributed by atoms with Gasteiger partial charge in [-0.3, -0.25) is 4.79 Å². The highest BCUT2D eigenvalue weighted by Gasteiger charge is 2.09. The van der Waals surface area contributed by atoms with Crippen molar-refractivity contribution < 1.29 is 9.90 Å². The first-order valence-corrected chi connectivity index (χ1v) is 5.08. The van der Waals surface area contributed by atoms with Crippen LogP contribution >= 0.6 is 15.9 Å². The molecule has 0 fully saturated rings. The summed E-state index contributed by atoms with van der Waals surface area (Å²) in [6, 6.07) is 6.54. The monoisotopic (exact) mass is 268 g/mol. The SMILES string of the molecule is N#CCCNC(=O)c1ccc(Br)cc1O. The third kappa shape index (κ3) is 3.26. The molecule has 0 heterocycles. The molecule has 0 unspecified atom stereocenters. The Morgan fingerprint density at radius 1 is 1.60 bits per heavy atom. The van der Waals surface area contributed by atoms with Gasteiger partial charge >= 0.3 is 0 Å². The molecular weight excluding hydrogens is 260 g/mol. The molecule has 1 aromatic rings. The molecule has 0 spiro atoms. The number of hydrogen-bond donors (Lipinski definition) is 2. The van der Waals surface area contributed by atoms with Gasteiger partial charge in [0.15, 0.2) is 0 Å². The molecule has 4 nitrogen and oxygen atoms in total. The average molecular weight is 269 g/mol. The summed E-state index contributed by atoms with van der Waals surface area (Å²) in [7, 11) is 0. The Kier molecular flexibility index (Phi) is 4.13. The summed E-state index contributed by atoms with van der Waals surface area (Å²) < 4.78 is 0.702. The number of amides is 1. The van der Waals surface area contributed by atoms with E-state index in [9.17, 15) is 9.90 Å². The van der Waals surface area contributed by atoms with Crippen LogP contribution in [0.25, 0.3) is 0 Å². The number of aromatic hydroxyl groups is 1. The zero-order valence-electron chi connectivity index (χ0n) is 7.83. The minimum absolute atomic E-state index is 0.0844. The van der Waals surface area contributed by atoms with Crippen LogP contribution in [0.3, 0.4) is 0 Å². The summed E-state index contributed by atoms with van der Waals surface area (Å²) >= 11 is 3.17. The first-order valence-electron chi connectivity index (χ1n) is 4.29. The highest BCUT2D eigenvalue weighted by molar-refractivity contribution is 9.10. The number of phenols is 1. The van der Waals surface area contributed by atoms with E-state index in [1.165, 1.54) is 12.1 Å². The smallest absolute Gasteiger partial charge is 0.255 e. The number of carbonyl (C=O) groups excluding carboxylic acids is 1. The van der Waals surface area contributed by atoms with Gasteiger partial charge in [-0.1, -0.05) is 15.9 Å². The molecule has 15 heavy (non-hydrogen) atoms. The summed E-state index contributed by atoms with van der Waals surface area (Å²) in [5.74, 6) is -0.464. The molecule has 0 saturated heterocycles. The summed E-state index contributed by atoms with van der Waals surface area (Å²) in [6.45, 7) is 0.283. The quantitative estimate of drug-likeness (QED) is 0.822. The van der Waals surface area contributed by atoms with Crippen LogP contribution in [0.15, 0.2) is 22.7 Å². The normalized spacial score (nSPS) is 9.33. The fourth-order valence-corrected chi connectivity index (χ4v) is 1.37. The third-order valence-electron chi connectivity index (χ3n) is 1.73. The zero-order valence-corrected chi connectivity index (χ0v) is 9.41. The molecular formula is C10H9BrN2O2. The molecule has 0 atom stereocenters. The predicted molar refractivity (Wildman–Crippen MR) is 58.4 cm³/mol. The van der Waals surface area contributed by atoms with Crippen molar-refractivity contribution in [1.29, 1.82) is 5.26 Å². The lowest BCUT2D eigenvalue weighted by atomic mass is 10.2. The molecule has 0 aromatic heterocycles. The van der Waals surface area contributed by atoms with Crippen LogP contribution in [0, 0.1) is 11.3 Å². The second-order valence-electron chi connectivity index (χ2n) is 2.83. The fourth-order valence-electron chi connectivity index (χ4n) is 1.02. The largest absolute Gasteiger partial charge is 0.507 e. The first-order chi connectivity index (χ1) is 7.15. The Labute approximate surface area is 95.7 Å². The minimum Gasteiger partial charge on any atom is -0.507 e. The zero-order chi connectivity index (χ0) is 11.3. The van der Waals surface area contributed by atoms with Gasteiger partial charge in [-0.2, -0.15) is 5.26 Å². The van der Waals surface area contributed by atoms with E-state index >= 15 is 0 Å². The van der Waals surface area contributed by atoms with Crippen LogP contribution < -0.4 is 5.32 Å². The molecule has 5 heteroatoms. The highest BCUT2D eigenvalue weighted by atomic mass is 79.9. The number of rotatable bonds is 3. The number of nitrogens with zero attached hydrogens (tertiary/aromatic N) is 1. The van der Waals surface area contributed by atoms with E-state index in [0.29, 0.717) is 4.47 Å². The molecule has 2 N–H and O–H groups in total. The Morgan fingerprint density at radius 3 is 2.93 bits per heavy atom. The molecule has 1 amide bonds. The maximum Gasteiger partial charge on any atom is 0.255 e. The van der Waals surface area contributed by atoms with E-state index < -0.39 is 0 Å². The topological polar surface area (TPSA) is 73.1 Å². The van der Waals surface area contributed by atoms with Crippen molar-refractivity contribution in [3.05, 3.63) is 28.2 Å². The Bertz CT molecular complexity index is 412. The number of benzene rings is 1. The summed E-state index contributed by atoms with van der Waals surface area (Å²) in [5.41, 5.74) is 0.205. The van der Waals surface area contributed by atoms with Gasteiger partial charge in [0, 0.05) is 11.0 Å². The van der Waals surface area contributed by atoms with Gasteiger partial charge in [0.25, 0.3) is 5.91 Å². The van der Waals surface area contributed by atoms with Crippen LogP contribution in [0.2, 0.25) is 0 Å². The number of halogens is 1. The molecule has 0 radical (unpaired) electrons. The van der Waals surface area contributed by atoms with Gasteiger partial charge < -0.3 is 10.4 Å². The van der Waals surface area contributed by atoms with Crippen LogP contribution in [-0.4, -0.2) is 17.6 Å². The second-order valence-corrected chi connectivity index (χ2v) is 3.74. The van der Waals surface area contributed by atoms with Crippen molar-refractivity contribution in [1.82, 2.24) is 5.32 Å². The molecule has 0 aliphatic carbocycles. The number of phenolic OH excluding ortho intramolecular Hbond substituents is 1. The standard InChI is InChI=1S/C10H9BrN2O2/c11-7-2-3-8(9(14)6-7)10(15)13-5-1-4-12/h2-3,6,14H,1,5H2,(H,13,15). The molecule has 1 rings (SSSR count). The van der Waals surface area contributed by atoms with E-state index in [1.807, 2.05) is 6.07 Å². The fraction of sp³-hybridized carbons (Fsp3) is 0.200. The summed E-state index contributed by atoms with van der Waals surface area (Å²) in [6.07, 6.45) is 0.253. The number of nitriles is 1. The van der Waals surface area contributed by atoms with Gasteiger partial charge in [-0.05, 0) is 18.2 Å². The number of carbonyl (C=O) groups is 1. The second kappa shape index (κ2) is 5.37. The van der Waals surface area contributed by atoms with E-state index in [2.05, 4.69) is 21.2 Å². The van der Waals surface area contributed by atoms with Crippen LogP contribution in [0.1, 0.15) is 16.8 Å². The van der Waals surface area contributed by atoms with Crippen molar-refractivity contribution in [2.45, 2.75) is 6.42 Å². The van der Waals surface area contributed by atoms with Gasteiger partial charge in [-0.25, -0.2) is 0 Å².